The van der Waals surface area contributed by atoms with E-state index in [1.807, 2.05) is 19.9 Å². The zero-order chi connectivity index (χ0) is 22.1. The molecule has 0 N–H and O–H groups in total. The molecule has 2 aromatic rings. The molecule has 1 unspecified atom stereocenters. The Bertz CT molecular complexity index is 763. The Labute approximate surface area is 176 Å². The van der Waals surface area contributed by atoms with Crippen LogP contribution in [0.25, 0.3) is 5.69 Å². The molecule has 6 nitrogen and oxygen atoms in total. The van der Waals surface area contributed by atoms with E-state index in [4.69, 9.17) is 4.74 Å². The minimum Gasteiger partial charge on any atom is -0.490 e. The maximum Gasteiger partial charge on any atom is 0.389 e. The molecule has 168 valence electrons. The van der Waals surface area contributed by atoms with Gasteiger partial charge in [-0.2, -0.15) is 13.2 Å². The molecule has 0 aromatic carbocycles. The molecular weight excluding hydrogens is 395 g/mol. The van der Waals surface area contributed by atoms with Gasteiger partial charge in [0.15, 0.2) is 0 Å². The highest BCUT2D eigenvalue weighted by Crippen LogP contribution is 2.24. The van der Waals surface area contributed by atoms with Gasteiger partial charge in [0, 0.05) is 31.1 Å². The minimum atomic E-state index is -4.10. The number of aryl methyl sites for hydroxylation is 1. The molecule has 2 aromatic heterocycles. The quantitative estimate of drug-likeness (QED) is 0.537. The van der Waals surface area contributed by atoms with Gasteiger partial charge in [0.1, 0.15) is 12.4 Å². The van der Waals surface area contributed by atoms with Crippen molar-refractivity contribution in [3.63, 3.8) is 0 Å². The van der Waals surface area contributed by atoms with Crippen LogP contribution in [0.2, 0.25) is 0 Å². The van der Waals surface area contributed by atoms with E-state index in [2.05, 4.69) is 34.0 Å². The number of rotatable bonds is 9. The number of hydrogen-bond acceptors (Lipinski definition) is 5. The van der Waals surface area contributed by atoms with E-state index in [0.29, 0.717) is 48.7 Å². The summed E-state index contributed by atoms with van der Waals surface area (Å²) >= 11 is 0. The topological polar surface area (TPSA) is 56.1 Å². The Morgan fingerprint density at radius 3 is 2.60 bits per heavy atom. The summed E-state index contributed by atoms with van der Waals surface area (Å²) in [6, 6.07) is 2.78. The van der Waals surface area contributed by atoms with Gasteiger partial charge in [0.2, 0.25) is 0 Å². The Morgan fingerprint density at radius 1 is 1.20 bits per heavy atom. The number of nitrogens with zero attached hydrogens (tertiary/aromatic N) is 5. The van der Waals surface area contributed by atoms with Crippen molar-refractivity contribution in [1.29, 1.82) is 0 Å². The van der Waals surface area contributed by atoms with Crippen molar-refractivity contribution in [2.24, 2.45) is 0 Å². The summed E-state index contributed by atoms with van der Waals surface area (Å²) in [7, 11) is 0. The van der Waals surface area contributed by atoms with Crippen LogP contribution in [0.3, 0.4) is 0 Å². The predicted octanol–water partition coefficient (Wildman–Crippen LogP) is 4.83. The van der Waals surface area contributed by atoms with Crippen LogP contribution in [0.1, 0.15) is 59.1 Å². The van der Waals surface area contributed by atoms with Gasteiger partial charge < -0.3 is 4.74 Å². The third kappa shape index (κ3) is 7.27. The second-order valence-electron chi connectivity index (χ2n) is 7.44. The van der Waals surface area contributed by atoms with Crippen LogP contribution >= 0.6 is 0 Å². The lowest BCUT2D eigenvalue weighted by Crippen LogP contribution is -2.54. The average Bonchev–Trinajstić information content (AvgIpc) is 3.14. The normalized spacial score (nSPS) is 16.7. The van der Waals surface area contributed by atoms with E-state index < -0.39 is 12.6 Å². The molecule has 0 spiro atoms. The van der Waals surface area contributed by atoms with Crippen molar-refractivity contribution in [2.45, 2.75) is 78.1 Å². The lowest BCUT2D eigenvalue weighted by atomic mass is 10.0. The van der Waals surface area contributed by atoms with E-state index in [1.54, 1.807) is 23.3 Å². The standard InChI is InChI=1S/C19H26F3N5O.C2H6/c1-14(2)26-8-6-16(26)13-28-18-9-17(10-23-11-18)27-12-15(24-25-27)5-3-4-7-19(20,21)22;1-2/h9-12,14,16H,3-8,13H2,1-2H3;1-2H3. The molecule has 0 bridgehead atoms. The van der Waals surface area contributed by atoms with E-state index in [-0.39, 0.29) is 6.42 Å². The fraction of sp³-hybridized carbons (Fsp3) is 0.667. The molecule has 1 saturated heterocycles. The summed E-state index contributed by atoms with van der Waals surface area (Å²) in [6.07, 6.45) is 2.28. The fourth-order valence-electron chi connectivity index (χ4n) is 3.29. The number of likely N-dealkylation sites (tertiary alicyclic amines) is 1. The van der Waals surface area contributed by atoms with Crippen LogP contribution in [0.5, 0.6) is 5.75 Å². The van der Waals surface area contributed by atoms with Gasteiger partial charge >= 0.3 is 6.18 Å². The van der Waals surface area contributed by atoms with Crippen LogP contribution < -0.4 is 4.74 Å². The third-order valence-electron chi connectivity index (χ3n) is 4.94. The van der Waals surface area contributed by atoms with Crippen molar-refractivity contribution in [1.82, 2.24) is 24.9 Å². The summed E-state index contributed by atoms with van der Waals surface area (Å²) in [4.78, 5) is 6.60. The van der Waals surface area contributed by atoms with Gasteiger partial charge in [0.05, 0.1) is 30.0 Å². The van der Waals surface area contributed by atoms with E-state index in [9.17, 15) is 13.2 Å². The van der Waals surface area contributed by atoms with Gasteiger partial charge in [-0.05, 0) is 39.5 Å². The number of unbranched alkanes of at least 4 members (excludes halogenated alkanes) is 1. The van der Waals surface area contributed by atoms with Gasteiger partial charge in [0.25, 0.3) is 0 Å². The molecule has 3 rings (SSSR count). The highest BCUT2D eigenvalue weighted by molar-refractivity contribution is 5.34. The predicted molar refractivity (Wildman–Crippen MR) is 110 cm³/mol. The molecule has 9 heteroatoms. The van der Waals surface area contributed by atoms with Gasteiger partial charge in [-0.3, -0.25) is 9.88 Å². The largest absolute Gasteiger partial charge is 0.490 e. The van der Waals surface area contributed by atoms with Gasteiger partial charge in [-0.1, -0.05) is 19.1 Å². The summed E-state index contributed by atoms with van der Waals surface area (Å²) in [5.74, 6) is 0.662. The van der Waals surface area contributed by atoms with Gasteiger partial charge in [-0.25, -0.2) is 4.68 Å². The maximum atomic E-state index is 12.2. The molecule has 1 atom stereocenters. The van der Waals surface area contributed by atoms with Crippen LogP contribution in [0.4, 0.5) is 13.2 Å². The molecule has 0 radical (unpaired) electrons. The Kier molecular flexibility index (Phi) is 9.08. The average molecular weight is 428 g/mol. The van der Waals surface area contributed by atoms with Crippen molar-refractivity contribution < 1.29 is 17.9 Å². The number of ether oxygens (including phenoxy) is 1. The number of halogens is 3. The van der Waals surface area contributed by atoms with Gasteiger partial charge in [-0.15, -0.1) is 5.10 Å². The number of hydrogen-bond donors (Lipinski definition) is 0. The maximum absolute atomic E-state index is 12.2. The van der Waals surface area contributed by atoms with E-state index in [0.717, 1.165) is 13.0 Å². The SMILES string of the molecule is CC.CC(C)N1CCC1COc1cncc(-n2cc(CCCCC(F)(F)F)nn2)c1. The minimum absolute atomic E-state index is 0.0931. The highest BCUT2D eigenvalue weighted by atomic mass is 19.4. The molecule has 30 heavy (non-hydrogen) atoms. The summed E-state index contributed by atoms with van der Waals surface area (Å²) in [5, 5.41) is 8.09. The Balaban J connectivity index is 0.00000155. The molecular formula is C21H32F3N5O. The molecule has 0 saturated carbocycles. The lowest BCUT2D eigenvalue weighted by Gasteiger charge is -2.43. The molecule has 1 fully saturated rings. The van der Waals surface area contributed by atoms with Crippen LogP contribution in [-0.4, -0.2) is 56.3 Å². The molecule has 0 amide bonds. The summed E-state index contributed by atoms with van der Waals surface area (Å²) < 4.78 is 44.0. The summed E-state index contributed by atoms with van der Waals surface area (Å²) in [6.45, 7) is 10.1. The zero-order valence-corrected chi connectivity index (χ0v) is 18.2. The highest BCUT2D eigenvalue weighted by Gasteiger charge is 2.30. The number of pyridine rings is 1. The smallest absolute Gasteiger partial charge is 0.389 e. The summed E-state index contributed by atoms with van der Waals surface area (Å²) in [5.41, 5.74) is 1.37. The van der Waals surface area contributed by atoms with Crippen molar-refractivity contribution in [3.05, 3.63) is 30.4 Å². The first kappa shape index (κ1) is 24.1. The van der Waals surface area contributed by atoms with Crippen molar-refractivity contribution in [2.75, 3.05) is 13.2 Å². The second-order valence-corrected chi connectivity index (χ2v) is 7.44. The first-order valence-corrected chi connectivity index (χ1v) is 10.6. The molecule has 1 aliphatic heterocycles. The zero-order valence-electron chi connectivity index (χ0n) is 18.2. The first-order chi connectivity index (χ1) is 14.3. The van der Waals surface area contributed by atoms with Crippen molar-refractivity contribution in [3.8, 4) is 11.4 Å². The molecule has 1 aliphatic rings. The lowest BCUT2D eigenvalue weighted by molar-refractivity contribution is -0.135. The molecule has 3 heterocycles. The Hall–Kier alpha value is -2.16. The second kappa shape index (κ2) is 11.3. The third-order valence-corrected chi connectivity index (χ3v) is 4.94. The van der Waals surface area contributed by atoms with E-state index in [1.165, 1.54) is 0 Å². The first-order valence-electron chi connectivity index (χ1n) is 10.6. The monoisotopic (exact) mass is 427 g/mol. The number of alkyl halides is 3. The fourth-order valence-corrected chi connectivity index (χ4v) is 3.29. The van der Waals surface area contributed by atoms with E-state index >= 15 is 0 Å². The number of aromatic nitrogens is 4. The van der Waals surface area contributed by atoms with Crippen LogP contribution in [0, 0.1) is 0 Å². The Morgan fingerprint density at radius 2 is 1.97 bits per heavy atom. The molecule has 0 aliphatic carbocycles. The van der Waals surface area contributed by atoms with Crippen LogP contribution in [-0.2, 0) is 6.42 Å². The van der Waals surface area contributed by atoms with Crippen molar-refractivity contribution >= 4 is 0 Å². The van der Waals surface area contributed by atoms with Crippen LogP contribution in [0.15, 0.2) is 24.7 Å².